The van der Waals surface area contributed by atoms with Crippen LogP contribution in [0.15, 0.2) is 10.6 Å². The second-order valence-electron chi connectivity index (χ2n) is 4.98. The molecule has 0 saturated heterocycles. The summed E-state index contributed by atoms with van der Waals surface area (Å²) in [7, 11) is 0. The van der Waals surface area contributed by atoms with E-state index in [4.69, 9.17) is 9.26 Å². The number of amides is 2. The highest BCUT2D eigenvalue weighted by Crippen LogP contribution is 2.20. The maximum atomic E-state index is 12.0. The van der Waals surface area contributed by atoms with Crippen LogP contribution in [0, 0.1) is 6.92 Å². The molecule has 0 fully saturated rings. The normalized spacial score (nSPS) is 11.7. The zero-order valence-corrected chi connectivity index (χ0v) is 15.9. The number of aromatic nitrogens is 3. The molecular formula is C14H17N5O5S2. The van der Waals surface area contributed by atoms with Crippen molar-refractivity contribution in [2.45, 2.75) is 26.0 Å². The maximum Gasteiger partial charge on any atom is 0.362 e. The highest BCUT2D eigenvalue weighted by molar-refractivity contribution is 8.01. The molecular weight excluding hydrogens is 382 g/mol. The number of thioether (sulfide) groups is 1. The second kappa shape index (κ2) is 9.29. The third-order valence-electron chi connectivity index (χ3n) is 2.92. The predicted molar refractivity (Wildman–Crippen MR) is 96.3 cm³/mol. The summed E-state index contributed by atoms with van der Waals surface area (Å²) in [6.45, 7) is 5.24. The van der Waals surface area contributed by atoms with Gasteiger partial charge >= 0.3 is 5.97 Å². The van der Waals surface area contributed by atoms with Crippen LogP contribution in [0.2, 0.25) is 0 Å². The average molecular weight is 399 g/mol. The zero-order valence-electron chi connectivity index (χ0n) is 14.3. The van der Waals surface area contributed by atoms with Gasteiger partial charge in [-0.1, -0.05) is 9.64 Å². The van der Waals surface area contributed by atoms with Crippen LogP contribution >= 0.6 is 23.3 Å². The van der Waals surface area contributed by atoms with Gasteiger partial charge in [-0.25, -0.2) is 4.79 Å². The minimum Gasteiger partial charge on any atom is -0.461 e. The number of esters is 1. The smallest absolute Gasteiger partial charge is 0.362 e. The molecule has 1 atom stereocenters. The first-order valence-corrected chi connectivity index (χ1v) is 9.38. The molecule has 2 aromatic heterocycles. The Morgan fingerprint density at radius 3 is 2.81 bits per heavy atom. The molecule has 0 spiro atoms. The molecule has 2 N–H and O–H groups in total. The Balaban J connectivity index is 1.82. The van der Waals surface area contributed by atoms with Gasteiger partial charge in [-0.2, -0.15) is 0 Å². The summed E-state index contributed by atoms with van der Waals surface area (Å²) >= 11 is 2.01. The van der Waals surface area contributed by atoms with Gasteiger partial charge in [0, 0.05) is 17.6 Å². The Kier molecular flexibility index (Phi) is 7.09. The first-order valence-electron chi connectivity index (χ1n) is 7.55. The van der Waals surface area contributed by atoms with Crippen molar-refractivity contribution in [3.8, 4) is 0 Å². The van der Waals surface area contributed by atoms with Crippen molar-refractivity contribution >= 4 is 51.9 Å². The number of hydrogen-bond donors (Lipinski definition) is 2. The van der Waals surface area contributed by atoms with Gasteiger partial charge in [0.15, 0.2) is 10.8 Å². The van der Waals surface area contributed by atoms with Gasteiger partial charge in [0.1, 0.15) is 5.76 Å². The number of hydrogen-bond acceptors (Lipinski definition) is 10. The summed E-state index contributed by atoms with van der Waals surface area (Å²) in [5.41, 5.74) is -0.0395. The van der Waals surface area contributed by atoms with E-state index in [0.717, 1.165) is 23.3 Å². The molecule has 0 radical (unpaired) electrons. The number of rotatable bonds is 8. The minimum absolute atomic E-state index is 0.00654. The number of nitrogens with zero attached hydrogens (tertiary/aromatic N) is 3. The van der Waals surface area contributed by atoms with E-state index in [1.54, 1.807) is 26.8 Å². The van der Waals surface area contributed by atoms with E-state index in [-0.39, 0.29) is 34.9 Å². The van der Waals surface area contributed by atoms with Crippen molar-refractivity contribution in [3.05, 3.63) is 17.5 Å². The number of nitrogens with one attached hydrogen (secondary N) is 2. The van der Waals surface area contributed by atoms with E-state index in [2.05, 4.69) is 25.4 Å². The Bertz CT molecular complexity index is 790. The van der Waals surface area contributed by atoms with Crippen molar-refractivity contribution in [2.24, 2.45) is 0 Å². The van der Waals surface area contributed by atoms with E-state index in [9.17, 15) is 14.4 Å². The van der Waals surface area contributed by atoms with Crippen LogP contribution in [0.5, 0.6) is 0 Å². The van der Waals surface area contributed by atoms with E-state index >= 15 is 0 Å². The summed E-state index contributed by atoms with van der Waals surface area (Å²) in [5, 5.41) is 12.2. The van der Waals surface area contributed by atoms with Crippen LogP contribution in [-0.4, -0.2) is 50.1 Å². The molecule has 12 heteroatoms. The number of carbonyl (C=O) groups is 3. The fourth-order valence-electron chi connectivity index (χ4n) is 1.70. The van der Waals surface area contributed by atoms with Crippen LogP contribution in [0.25, 0.3) is 0 Å². The molecule has 0 aromatic carbocycles. The lowest BCUT2D eigenvalue weighted by Crippen LogP contribution is -2.25. The molecule has 2 aromatic rings. The molecule has 0 aliphatic carbocycles. The van der Waals surface area contributed by atoms with Gasteiger partial charge in [0.2, 0.25) is 17.5 Å². The molecule has 10 nitrogen and oxygen atoms in total. The first-order chi connectivity index (χ1) is 12.4. The topological polar surface area (TPSA) is 136 Å². The predicted octanol–water partition coefficient (Wildman–Crippen LogP) is 1.71. The summed E-state index contributed by atoms with van der Waals surface area (Å²) in [4.78, 5) is 35.8. The van der Waals surface area contributed by atoms with E-state index in [1.807, 2.05) is 0 Å². The van der Waals surface area contributed by atoms with Crippen molar-refractivity contribution in [1.29, 1.82) is 0 Å². The highest BCUT2D eigenvalue weighted by Gasteiger charge is 2.21. The SMILES string of the molecule is CCOC(=O)c1nnsc1NC(=O)CSC(C)C(=O)Nc1cc(C)on1. The van der Waals surface area contributed by atoms with Crippen molar-refractivity contribution in [1.82, 2.24) is 14.7 Å². The monoisotopic (exact) mass is 399 g/mol. The van der Waals surface area contributed by atoms with Crippen LogP contribution in [-0.2, 0) is 14.3 Å². The number of anilines is 2. The zero-order chi connectivity index (χ0) is 19.1. The average Bonchev–Trinajstić information content (AvgIpc) is 3.21. The van der Waals surface area contributed by atoms with E-state index in [1.165, 1.54) is 0 Å². The standard InChI is InChI=1S/C14H17N5O5S2/c1-4-23-14(22)11-13(26-19-17-11)16-10(20)6-25-8(3)12(21)15-9-5-7(2)24-18-9/h5,8H,4,6H2,1-3H3,(H,16,20)(H,15,18,21). The molecule has 0 aliphatic heterocycles. The fourth-order valence-corrected chi connectivity index (χ4v) is 2.96. The number of ether oxygens (including phenoxy) is 1. The lowest BCUT2D eigenvalue weighted by molar-refractivity contribution is -0.115. The molecule has 26 heavy (non-hydrogen) atoms. The van der Waals surface area contributed by atoms with Gasteiger partial charge in [0.05, 0.1) is 17.6 Å². The summed E-state index contributed by atoms with van der Waals surface area (Å²) in [6, 6.07) is 1.59. The molecule has 0 aliphatic rings. The number of carbonyl (C=O) groups excluding carboxylic acids is 3. The largest absolute Gasteiger partial charge is 0.461 e. The molecule has 2 rings (SSSR count). The maximum absolute atomic E-state index is 12.0. The Morgan fingerprint density at radius 2 is 2.15 bits per heavy atom. The minimum atomic E-state index is -0.653. The Morgan fingerprint density at radius 1 is 1.38 bits per heavy atom. The van der Waals surface area contributed by atoms with Gasteiger partial charge in [-0.3, -0.25) is 9.59 Å². The third kappa shape index (κ3) is 5.52. The summed E-state index contributed by atoms with van der Waals surface area (Å²) in [6.07, 6.45) is 0. The summed E-state index contributed by atoms with van der Waals surface area (Å²) < 4.78 is 13.3. The molecule has 0 saturated carbocycles. The Labute approximate surface area is 157 Å². The highest BCUT2D eigenvalue weighted by atomic mass is 32.2. The molecule has 2 amide bonds. The Hall–Kier alpha value is -2.47. The van der Waals surface area contributed by atoms with Crippen LogP contribution in [0.1, 0.15) is 30.1 Å². The number of aryl methyl sites for hydroxylation is 1. The molecule has 140 valence electrons. The van der Waals surface area contributed by atoms with Gasteiger partial charge in [-0.05, 0) is 20.8 Å². The van der Waals surface area contributed by atoms with Crippen LogP contribution in [0.4, 0.5) is 10.8 Å². The quantitative estimate of drug-likeness (QED) is 0.635. The van der Waals surface area contributed by atoms with Gasteiger partial charge in [-0.15, -0.1) is 16.9 Å². The second-order valence-corrected chi connectivity index (χ2v) is 7.07. The molecule has 2 heterocycles. The van der Waals surface area contributed by atoms with Crippen LogP contribution < -0.4 is 10.6 Å². The van der Waals surface area contributed by atoms with Gasteiger partial charge in [0.25, 0.3) is 0 Å². The third-order valence-corrected chi connectivity index (χ3v) is 4.71. The van der Waals surface area contributed by atoms with Crippen molar-refractivity contribution < 1.29 is 23.6 Å². The first kappa shape index (κ1) is 19.8. The van der Waals surface area contributed by atoms with E-state index < -0.39 is 11.2 Å². The van der Waals surface area contributed by atoms with Crippen molar-refractivity contribution in [2.75, 3.05) is 23.0 Å². The fraction of sp³-hybridized carbons (Fsp3) is 0.429. The van der Waals surface area contributed by atoms with E-state index in [0.29, 0.717) is 11.6 Å². The molecule has 1 unspecified atom stereocenters. The molecule has 0 bridgehead atoms. The van der Waals surface area contributed by atoms with Crippen LogP contribution in [0.3, 0.4) is 0 Å². The lowest BCUT2D eigenvalue weighted by atomic mass is 10.4. The summed E-state index contributed by atoms with van der Waals surface area (Å²) in [5.74, 6) is -0.437. The van der Waals surface area contributed by atoms with Gasteiger partial charge < -0.3 is 19.9 Å². The van der Waals surface area contributed by atoms with Crippen molar-refractivity contribution in [3.63, 3.8) is 0 Å². The lowest BCUT2D eigenvalue weighted by Gasteiger charge is -2.10.